The average Bonchev–Trinajstić information content (AvgIpc) is 2.38. The average molecular weight is 337 g/mol. The van der Waals surface area contributed by atoms with Gasteiger partial charge in [0.25, 0.3) is 0 Å². The van der Waals surface area contributed by atoms with Gasteiger partial charge >= 0.3 is 27.1 Å². The van der Waals surface area contributed by atoms with Crippen molar-refractivity contribution in [1.82, 2.24) is 0 Å². The van der Waals surface area contributed by atoms with Crippen molar-refractivity contribution in [2.24, 2.45) is 0 Å². The van der Waals surface area contributed by atoms with Gasteiger partial charge in [-0.15, -0.1) is 0 Å². The number of hydrogen-bond acceptors (Lipinski definition) is 4. The van der Waals surface area contributed by atoms with Gasteiger partial charge in [0, 0.05) is 6.61 Å². The van der Waals surface area contributed by atoms with E-state index in [2.05, 4.69) is 48.5 Å². The van der Waals surface area contributed by atoms with E-state index >= 15 is 0 Å². The van der Waals surface area contributed by atoms with Gasteiger partial charge in [-0.2, -0.15) is 0 Å². The second kappa shape index (κ2) is 8.21. The largest absolute Gasteiger partial charge is 0.420 e. The van der Waals surface area contributed by atoms with Crippen LogP contribution in [0.25, 0.3) is 0 Å². The Labute approximate surface area is 129 Å². The van der Waals surface area contributed by atoms with Crippen LogP contribution in [0.1, 0.15) is 54.9 Å². The molecule has 0 aromatic carbocycles. The van der Waals surface area contributed by atoms with Crippen LogP contribution >= 0.6 is 0 Å². The van der Waals surface area contributed by atoms with Crippen molar-refractivity contribution in [3.63, 3.8) is 0 Å². The Balaban J connectivity index is 2.88. The molecule has 2 atom stereocenters. The van der Waals surface area contributed by atoms with Crippen LogP contribution in [0.5, 0.6) is 0 Å². The van der Waals surface area contributed by atoms with Crippen molar-refractivity contribution in [2.75, 3.05) is 12.8 Å². The van der Waals surface area contributed by atoms with Crippen LogP contribution in [0.4, 0.5) is 0 Å². The summed E-state index contributed by atoms with van der Waals surface area (Å²) in [5, 5.41) is 0. The molecule has 0 spiro atoms. The van der Waals surface area contributed by atoms with Gasteiger partial charge in [-0.3, -0.25) is 0 Å². The minimum atomic E-state index is -2.27. The first-order valence-corrected chi connectivity index (χ1v) is 13.2. The Morgan fingerprint density at radius 3 is 1.80 bits per heavy atom. The smallest absolute Gasteiger partial charge is 0.349 e. The van der Waals surface area contributed by atoms with Gasteiger partial charge in [0.15, 0.2) is 0 Å². The molecule has 0 saturated carbocycles. The number of ether oxygens (including phenoxy) is 1. The van der Waals surface area contributed by atoms with Crippen LogP contribution in [0.2, 0.25) is 16.6 Å². The molecule has 120 valence electrons. The molecule has 0 amide bonds. The molecule has 1 aliphatic rings. The van der Waals surface area contributed by atoms with Crippen LogP contribution in [-0.2, 0) is 17.1 Å². The highest BCUT2D eigenvalue weighted by molar-refractivity contribution is 6.84. The predicted molar refractivity (Wildman–Crippen MR) is 89.7 cm³/mol. The van der Waals surface area contributed by atoms with Crippen LogP contribution in [-0.4, -0.2) is 40.0 Å². The van der Waals surface area contributed by atoms with Gasteiger partial charge in [-0.25, -0.2) is 0 Å². The summed E-state index contributed by atoms with van der Waals surface area (Å²) in [6.07, 6.45) is 1.70. The molecule has 0 aromatic heterocycles. The molecular weight excluding hydrogens is 304 g/mol. The van der Waals surface area contributed by atoms with Crippen molar-refractivity contribution in [2.45, 2.75) is 71.5 Å². The maximum atomic E-state index is 6.47. The highest BCUT2D eigenvalue weighted by atomic mass is 28.5. The van der Waals surface area contributed by atoms with Crippen molar-refractivity contribution < 1.29 is 17.1 Å². The summed E-state index contributed by atoms with van der Waals surface area (Å²) in [5.74, 6) is 0. The first kappa shape index (κ1) is 18.5. The lowest BCUT2D eigenvalue weighted by Crippen LogP contribution is -2.63. The summed E-state index contributed by atoms with van der Waals surface area (Å²) in [6, 6.07) is 0. The number of hydrogen-bond donors (Lipinski definition) is 0. The maximum Gasteiger partial charge on any atom is 0.349 e. The van der Waals surface area contributed by atoms with Gasteiger partial charge in [-0.1, -0.05) is 48.5 Å². The monoisotopic (exact) mass is 336 g/mol. The third-order valence-corrected chi connectivity index (χ3v) is 15.3. The van der Waals surface area contributed by atoms with Gasteiger partial charge in [0.2, 0.25) is 0 Å². The molecule has 0 aliphatic carbocycles. The third kappa shape index (κ3) is 4.76. The van der Waals surface area contributed by atoms with Crippen LogP contribution in [0, 0.1) is 0 Å². The zero-order valence-corrected chi connectivity index (χ0v) is 17.5. The van der Waals surface area contributed by atoms with Gasteiger partial charge in [0.1, 0.15) is 0 Å². The van der Waals surface area contributed by atoms with E-state index in [9.17, 15) is 0 Å². The minimum Gasteiger partial charge on any atom is -0.420 e. The normalized spacial score (nSPS) is 31.5. The van der Waals surface area contributed by atoms with E-state index in [1.165, 1.54) is 0 Å². The number of rotatable bonds is 7. The Hall–Kier alpha value is 0.491. The summed E-state index contributed by atoms with van der Waals surface area (Å²) in [4.78, 5) is 0. The predicted octanol–water partition coefficient (Wildman–Crippen LogP) is 3.13. The van der Waals surface area contributed by atoms with E-state index < -0.39 is 27.1 Å². The fraction of sp³-hybridized carbons (Fsp3) is 1.00. The molecule has 0 aromatic rings. The maximum absolute atomic E-state index is 6.47. The van der Waals surface area contributed by atoms with E-state index in [-0.39, 0.29) is 0 Å². The zero-order valence-electron chi connectivity index (χ0n) is 14.1. The first-order chi connectivity index (χ1) is 9.32. The quantitative estimate of drug-likeness (QED) is 0.529. The minimum absolute atomic E-state index is 0.408. The second-order valence-corrected chi connectivity index (χ2v) is 16.8. The molecule has 1 heterocycles. The second-order valence-electron chi connectivity index (χ2n) is 6.62. The highest BCUT2D eigenvalue weighted by Gasteiger charge is 2.52. The lowest BCUT2D eigenvalue weighted by molar-refractivity contribution is 0.129. The summed E-state index contributed by atoms with van der Waals surface area (Å²) >= 11 is 0. The molecule has 1 rings (SSSR count). The molecular formula is C13H32O4Si3. The van der Waals surface area contributed by atoms with Gasteiger partial charge < -0.3 is 17.1 Å². The molecule has 2 unspecified atom stereocenters. The molecule has 0 radical (unpaired) electrons. The topological polar surface area (TPSA) is 36.9 Å². The van der Waals surface area contributed by atoms with Crippen LogP contribution < -0.4 is 0 Å². The zero-order chi connectivity index (χ0) is 15.3. The molecule has 4 nitrogen and oxygen atoms in total. The molecule has 20 heavy (non-hydrogen) atoms. The highest BCUT2D eigenvalue weighted by Crippen LogP contribution is 2.34. The van der Waals surface area contributed by atoms with Gasteiger partial charge in [0.05, 0.1) is 6.23 Å². The lowest BCUT2D eigenvalue weighted by atomic mass is 10.5. The van der Waals surface area contributed by atoms with Crippen LogP contribution in [0.3, 0.4) is 0 Å². The Kier molecular flexibility index (Phi) is 7.61. The molecule has 0 bridgehead atoms. The lowest BCUT2D eigenvalue weighted by Gasteiger charge is -2.46. The standard InChI is InChI=1S/C13H32O4Si3/c1-8-9-14-10-20(13(6)7)16-18(11(2)3)15-19(17-20)12(4)5/h11-13,18-19H,8-10H2,1-7H3. The van der Waals surface area contributed by atoms with E-state index in [1.54, 1.807) is 0 Å². The Morgan fingerprint density at radius 1 is 0.950 bits per heavy atom. The Bertz CT molecular complexity index is 271. The molecule has 1 fully saturated rings. The molecule has 1 saturated heterocycles. The van der Waals surface area contributed by atoms with Crippen molar-refractivity contribution >= 4 is 27.1 Å². The summed E-state index contributed by atoms with van der Waals surface area (Å²) < 4.78 is 25.0. The van der Waals surface area contributed by atoms with Crippen molar-refractivity contribution in [3.05, 3.63) is 0 Å². The molecule has 1 aliphatic heterocycles. The summed E-state index contributed by atoms with van der Waals surface area (Å²) in [6.45, 7) is 16.2. The van der Waals surface area contributed by atoms with Gasteiger partial charge in [-0.05, 0) is 23.0 Å². The van der Waals surface area contributed by atoms with E-state index in [4.69, 9.17) is 17.1 Å². The third-order valence-electron chi connectivity index (χ3n) is 3.52. The van der Waals surface area contributed by atoms with Crippen molar-refractivity contribution in [3.8, 4) is 0 Å². The molecule has 0 N–H and O–H groups in total. The van der Waals surface area contributed by atoms with E-state index in [1.807, 2.05) is 0 Å². The van der Waals surface area contributed by atoms with E-state index in [0.29, 0.717) is 22.9 Å². The SMILES string of the molecule is CCCOC[Si]1(C(C)C)O[SiH](C(C)C)O[SiH](C(C)C)O1. The Morgan fingerprint density at radius 2 is 1.45 bits per heavy atom. The van der Waals surface area contributed by atoms with Crippen LogP contribution in [0.15, 0.2) is 0 Å². The van der Waals surface area contributed by atoms with Crippen molar-refractivity contribution in [1.29, 1.82) is 0 Å². The summed E-state index contributed by atoms with van der Waals surface area (Å²) in [5.41, 5.74) is 1.39. The first-order valence-electron chi connectivity index (χ1n) is 7.91. The fourth-order valence-electron chi connectivity index (χ4n) is 2.06. The summed E-state index contributed by atoms with van der Waals surface area (Å²) in [7, 11) is -5.53. The fourth-order valence-corrected chi connectivity index (χ4v) is 16.6. The molecule has 7 heteroatoms. The van der Waals surface area contributed by atoms with E-state index in [0.717, 1.165) is 13.0 Å².